The van der Waals surface area contributed by atoms with Crippen molar-refractivity contribution in [1.82, 2.24) is 24.3 Å². The van der Waals surface area contributed by atoms with Gasteiger partial charge in [0.15, 0.2) is 11.6 Å². The second-order valence-electron chi connectivity index (χ2n) is 8.58. The Morgan fingerprint density at radius 2 is 1.95 bits per heavy atom. The fourth-order valence-corrected chi connectivity index (χ4v) is 4.41. The zero-order chi connectivity index (χ0) is 27.0. The van der Waals surface area contributed by atoms with Crippen LogP contribution < -0.4 is 10.5 Å². The number of pyridine rings is 1. The van der Waals surface area contributed by atoms with Crippen molar-refractivity contribution in [2.24, 2.45) is 0 Å². The van der Waals surface area contributed by atoms with Gasteiger partial charge in [0, 0.05) is 43.0 Å². The van der Waals surface area contributed by atoms with Crippen molar-refractivity contribution in [2.75, 3.05) is 18.8 Å². The van der Waals surface area contributed by atoms with Crippen molar-refractivity contribution in [2.45, 2.75) is 25.4 Å². The number of nitrogens with two attached hydrogens (primary N) is 1. The van der Waals surface area contributed by atoms with E-state index in [1.807, 2.05) is 0 Å². The van der Waals surface area contributed by atoms with E-state index in [-0.39, 0.29) is 23.5 Å². The molecule has 12 heteroatoms. The number of halogens is 4. The molecule has 1 fully saturated rings. The van der Waals surface area contributed by atoms with Gasteiger partial charge in [-0.3, -0.25) is 9.20 Å². The molecule has 1 aliphatic heterocycles. The minimum Gasteiger partial charge on any atom is -0.436 e. The molecule has 8 nitrogen and oxygen atoms in total. The summed E-state index contributed by atoms with van der Waals surface area (Å²) in [7, 11) is 0. The summed E-state index contributed by atoms with van der Waals surface area (Å²) in [5, 5.41) is 0. The molecule has 0 spiro atoms. The topological polar surface area (TPSA) is 98.6 Å². The Labute approximate surface area is 214 Å². The number of nitrogen functional groups attached to an aromatic ring is 1. The molecule has 194 valence electrons. The first-order valence-electron chi connectivity index (χ1n) is 11.5. The number of benzene rings is 1. The number of carbonyl (C=O) groups excluding carboxylic acids is 1. The molecule has 0 bridgehead atoms. The van der Waals surface area contributed by atoms with E-state index in [1.165, 1.54) is 12.1 Å². The lowest BCUT2D eigenvalue weighted by atomic mass is 10.0. The Kier molecular flexibility index (Phi) is 6.36. The summed E-state index contributed by atoms with van der Waals surface area (Å²) < 4.78 is 60.9. The van der Waals surface area contributed by atoms with Gasteiger partial charge in [-0.1, -0.05) is 5.92 Å². The van der Waals surface area contributed by atoms with Gasteiger partial charge in [-0.2, -0.15) is 13.2 Å². The molecule has 1 atom stereocenters. The molecule has 5 rings (SSSR count). The van der Waals surface area contributed by atoms with E-state index in [0.29, 0.717) is 48.2 Å². The third-order valence-corrected chi connectivity index (χ3v) is 6.17. The number of imidazole rings is 1. The highest BCUT2D eigenvalue weighted by Crippen LogP contribution is 2.36. The van der Waals surface area contributed by atoms with Crippen LogP contribution in [-0.2, 0) is 11.0 Å². The van der Waals surface area contributed by atoms with Gasteiger partial charge in [0.1, 0.15) is 5.82 Å². The van der Waals surface area contributed by atoms with Crippen LogP contribution in [0.3, 0.4) is 0 Å². The average molecular weight is 524 g/mol. The Morgan fingerprint density at radius 1 is 1.16 bits per heavy atom. The zero-order valence-electron chi connectivity index (χ0n) is 20.0. The van der Waals surface area contributed by atoms with Crippen LogP contribution in [0.5, 0.6) is 11.6 Å². The second-order valence-corrected chi connectivity index (χ2v) is 8.58. The smallest absolute Gasteiger partial charge is 0.416 e. The van der Waals surface area contributed by atoms with E-state index in [9.17, 15) is 18.0 Å². The number of ether oxygens (including phenoxy) is 1. The SMILES string of the molecule is CC#CC(=O)N1CCC(c2nc(-c3ccc(Oc4cc(C(F)(F)F)ccn4)c(F)c3)n3c(N)nccc23)C1. The molecule has 0 radical (unpaired) electrons. The lowest BCUT2D eigenvalue weighted by Crippen LogP contribution is -2.26. The van der Waals surface area contributed by atoms with Gasteiger partial charge < -0.3 is 15.4 Å². The molecule has 0 aliphatic carbocycles. The molecule has 2 N–H and O–H groups in total. The quantitative estimate of drug-likeness (QED) is 0.308. The molecule has 38 heavy (non-hydrogen) atoms. The van der Waals surface area contributed by atoms with E-state index >= 15 is 4.39 Å². The summed E-state index contributed by atoms with van der Waals surface area (Å²) in [5.74, 6) is 3.71. The van der Waals surface area contributed by atoms with E-state index in [1.54, 1.807) is 28.5 Å². The summed E-state index contributed by atoms with van der Waals surface area (Å²) >= 11 is 0. The van der Waals surface area contributed by atoms with Crippen molar-refractivity contribution in [3.8, 4) is 34.9 Å². The molecule has 1 aromatic carbocycles. The summed E-state index contributed by atoms with van der Waals surface area (Å²) in [4.78, 5) is 26.5. The first kappa shape index (κ1) is 25.0. The largest absolute Gasteiger partial charge is 0.436 e. The van der Waals surface area contributed by atoms with Crippen LogP contribution >= 0.6 is 0 Å². The lowest BCUT2D eigenvalue weighted by Gasteiger charge is -2.12. The van der Waals surface area contributed by atoms with E-state index in [0.717, 1.165) is 18.3 Å². The number of aromatic nitrogens is 4. The van der Waals surface area contributed by atoms with Gasteiger partial charge in [-0.05, 0) is 49.6 Å². The normalized spacial score (nSPS) is 15.4. The number of alkyl halides is 3. The van der Waals surface area contributed by atoms with Crippen LogP contribution in [0.2, 0.25) is 0 Å². The predicted octanol–water partition coefficient (Wildman–Crippen LogP) is 4.66. The maximum Gasteiger partial charge on any atom is 0.416 e. The van der Waals surface area contributed by atoms with Crippen LogP contribution in [0.4, 0.5) is 23.5 Å². The number of carbonyl (C=O) groups is 1. The number of hydrogen-bond donors (Lipinski definition) is 1. The van der Waals surface area contributed by atoms with Crippen molar-refractivity contribution in [3.63, 3.8) is 0 Å². The number of likely N-dealkylation sites (tertiary alicyclic amines) is 1. The zero-order valence-corrected chi connectivity index (χ0v) is 20.0. The third kappa shape index (κ3) is 4.70. The summed E-state index contributed by atoms with van der Waals surface area (Å²) in [6.45, 7) is 2.55. The van der Waals surface area contributed by atoms with E-state index in [2.05, 4.69) is 21.8 Å². The second kappa shape index (κ2) is 9.66. The highest BCUT2D eigenvalue weighted by molar-refractivity contribution is 5.93. The molecule has 4 aromatic rings. The fraction of sp³-hybridized carbons (Fsp3) is 0.231. The standard InChI is InChI=1S/C26H20F4N6O2/c1-2-3-22(37)35-11-8-16(14-35)23-19-7-10-33-25(31)36(19)24(34-23)15-4-5-20(18(27)12-15)38-21-13-17(6-9-32-21)26(28,29)30/h4-7,9-10,12-13,16H,8,11,14H2,1H3,(H2,31,33). The van der Waals surface area contributed by atoms with Crippen LogP contribution in [-0.4, -0.2) is 43.2 Å². The summed E-state index contributed by atoms with van der Waals surface area (Å²) in [6.07, 6.45) is -1.45. The number of amides is 1. The molecule has 3 aromatic heterocycles. The number of rotatable bonds is 4. The van der Waals surface area contributed by atoms with Gasteiger partial charge in [0.05, 0.1) is 16.8 Å². The van der Waals surface area contributed by atoms with Gasteiger partial charge in [0.25, 0.3) is 5.91 Å². The van der Waals surface area contributed by atoms with Crippen LogP contribution in [0.1, 0.15) is 30.5 Å². The van der Waals surface area contributed by atoms with Crippen LogP contribution in [0, 0.1) is 17.7 Å². The molecule has 1 amide bonds. The lowest BCUT2D eigenvalue weighted by molar-refractivity contribution is -0.137. The summed E-state index contributed by atoms with van der Waals surface area (Å²) in [6, 6.07) is 7.16. The van der Waals surface area contributed by atoms with Crippen LogP contribution in [0.25, 0.3) is 16.9 Å². The average Bonchev–Trinajstić information content (AvgIpc) is 3.51. The van der Waals surface area contributed by atoms with Crippen molar-refractivity contribution in [1.29, 1.82) is 0 Å². The van der Waals surface area contributed by atoms with E-state index in [4.69, 9.17) is 15.5 Å². The minimum absolute atomic E-state index is 0.0948. The maximum absolute atomic E-state index is 15.1. The highest BCUT2D eigenvalue weighted by Gasteiger charge is 2.32. The summed E-state index contributed by atoms with van der Waals surface area (Å²) in [5.41, 5.74) is 6.88. The number of anilines is 1. The van der Waals surface area contributed by atoms with Gasteiger partial charge in [-0.15, -0.1) is 0 Å². The number of hydrogen-bond acceptors (Lipinski definition) is 6. The molecule has 1 unspecified atom stereocenters. The first-order valence-corrected chi connectivity index (χ1v) is 11.5. The van der Waals surface area contributed by atoms with Gasteiger partial charge in [0.2, 0.25) is 11.8 Å². The van der Waals surface area contributed by atoms with E-state index < -0.39 is 23.4 Å². The molecular formula is C26H20F4N6O2. The molecule has 1 aliphatic rings. The van der Waals surface area contributed by atoms with Gasteiger partial charge in [-0.25, -0.2) is 19.3 Å². The molecular weight excluding hydrogens is 504 g/mol. The maximum atomic E-state index is 15.1. The molecule has 4 heterocycles. The highest BCUT2D eigenvalue weighted by atomic mass is 19.4. The van der Waals surface area contributed by atoms with Gasteiger partial charge >= 0.3 is 6.18 Å². The Balaban J connectivity index is 1.48. The Bertz CT molecular complexity index is 1610. The number of fused-ring (bicyclic) bond motifs is 1. The Hall–Kier alpha value is -4.66. The number of nitrogens with zero attached hydrogens (tertiary/aromatic N) is 5. The van der Waals surface area contributed by atoms with Crippen molar-refractivity contribution < 1.29 is 27.1 Å². The van der Waals surface area contributed by atoms with Crippen molar-refractivity contribution >= 4 is 17.4 Å². The predicted molar refractivity (Wildman–Crippen MR) is 129 cm³/mol. The fourth-order valence-electron chi connectivity index (χ4n) is 4.41. The third-order valence-electron chi connectivity index (χ3n) is 6.17. The van der Waals surface area contributed by atoms with Crippen LogP contribution in [0.15, 0.2) is 48.8 Å². The minimum atomic E-state index is -4.59. The molecule has 0 saturated carbocycles. The first-order chi connectivity index (χ1) is 18.2. The Morgan fingerprint density at radius 3 is 2.68 bits per heavy atom. The molecule has 1 saturated heterocycles. The monoisotopic (exact) mass is 524 g/mol. The van der Waals surface area contributed by atoms with Crippen molar-refractivity contribution in [3.05, 3.63) is 65.9 Å².